The van der Waals surface area contributed by atoms with Crippen molar-refractivity contribution in [3.8, 4) is 0 Å². The zero-order valence-electron chi connectivity index (χ0n) is 12.7. The summed E-state index contributed by atoms with van der Waals surface area (Å²) in [6.45, 7) is 1.83. The van der Waals surface area contributed by atoms with Crippen molar-refractivity contribution in [2.45, 2.75) is 25.8 Å². The van der Waals surface area contributed by atoms with E-state index in [1.807, 2.05) is 24.3 Å². The molecule has 1 aromatic carbocycles. The Morgan fingerprint density at radius 3 is 2.86 bits per heavy atom. The zero-order valence-corrected chi connectivity index (χ0v) is 12.7. The van der Waals surface area contributed by atoms with Crippen LogP contribution in [0, 0.1) is 0 Å². The molecule has 1 amide bonds. The molecule has 2 heterocycles. The number of hydrogen-bond acceptors (Lipinski definition) is 3. The molecule has 0 bridgehead atoms. The molecule has 0 aliphatic carbocycles. The Kier molecular flexibility index (Phi) is 4.68. The number of carbonyl (C=O) groups excluding carboxylic acids is 1. The van der Waals surface area contributed by atoms with Crippen LogP contribution in [0.3, 0.4) is 0 Å². The van der Waals surface area contributed by atoms with Gasteiger partial charge in [0, 0.05) is 18.4 Å². The highest BCUT2D eigenvalue weighted by Gasteiger charge is 2.17. The second kappa shape index (κ2) is 7.07. The van der Waals surface area contributed by atoms with Crippen LogP contribution in [0.2, 0.25) is 0 Å². The van der Waals surface area contributed by atoms with Gasteiger partial charge in [0.1, 0.15) is 0 Å². The maximum atomic E-state index is 12.2. The van der Waals surface area contributed by atoms with Crippen LogP contribution in [0.25, 0.3) is 0 Å². The summed E-state index contributed by atoms with van der Waals surface area (Å²) in [5.74, 6) is 0.0438. The first kappa shape index (κ1) is 14.6. The lowest BCUT2D eigenvalue weighted by Crippen LogP contribution is -2.37. The molecule has 0 saturated heterocycles. The van der Waals surface area contributed by atoms with Gasteiger partial charge in [-0.05, 0) is 43.0 Å². The van der Waals surface area contributed by atoms with Gasteiger partial charge in [-0.1, -0.05) is 24.3 Å². The second-order valence-corrected chi connectivity index (χ2v) is 5.61. The van der Waals surface area contributed by atoms with Crippen molar-refractivity contribution in [1.29, 1.82) is 0 Å². The number of anilines is 1. The fourth-order valence-corrected chi connectivity index (χ4v) is 2.85. The Morgan fingerprint density at radius 2 is 2.00 bits per heavy atom. The van der Waals surface area contributed by atoms with E-state index in [4.69, 9.17) is 0 Å². The highest BCUT2D eigenvalue weighted by atomic mass is 16.2. The predicted octanol–water partition coefficient (Wildman–Crippen LogP) is 2.54. The maximum Gasteiger partial charge on any atom is 0.239 e. The lowest BCUT2D eigenvalue weighted by Gasteiger charge is -2.24. The minimum absolute atomic E-state index is 0.0438. The number of hydrogen-bond donors (Lipinski definition) is 1. The van der Waals surface area contributed by atoms with E-state index in [1.54, 1.807) is 6.20 Å². The molecule has 0 spiro atoms. The molecule has 3 rings (SSSR count). The zero-order chi connectivity index (χ0) is 15.2. The van der Waals surface area contributed by atoms with Crippen LogP contribution >= 0.6 is 0 Å². The van der Waals surface area contributed by atoms with Gasteiger partial charge in [-0.15, -0.1) is 0 Å². The summed E-state index contributed by atoms with van der Waals surface area (Å²) < 4.78 is 0. The number of benzene rings is 1. The fraction of sp³-hybridized carbons (Fsp3) is 0.333. The Morgan fingerprint density at radius 1 is 1.14 bits per heavy atom. The standard InChI is InChI=1S/C18H21N3O/c22-18(20-13-16-9-3-5-11-19-16)14-21-12-6-4-8-15-7-1-2-10-17(15)21/h1-3,5,7,9-11H,4,6,8,12-14H2,(H,20,22). The van der Waals surface area contributed by atoms with Gasteiger partial charge in [0.15, 0.2) is 0 Å². The van der Waals surface area contributed by atoms with E-state index in [0.717, 1.165) is 25.1 Å². The van der Waals surface area contributed by atoms with Gasteiger partial charge < -0.3 is 10.2 Å². The van der Waals surface area contributed by atoms with Crippen LogP contribution < -0.4 is 10.2 Å². The largest absolute Gasteiger partial charge is 0.362 e. The van der Waals surface area contributed by atoms with Gasteiger partial charge in [-0.3, -0.25) is 9.78 Å². The molecule has 0 radical (unpaired) electrons. The monoisotopic (exact) mass is 295 g/mol. The topological polar surface area (TPSA) is 45.2 Å². The number of aryl methyl sites for hydroxylation is 1. The molecule has 0 fully saturated rings. The molecule has 4 nitrogen and oxygen atoms in total. The van der Waals surface area contributed by atoms with Gasteiger partial charge in [-0.2, -0.15) is 0 Å². The smallest absolute Gasteiger partial charge is 0.239 e. The SMILES string of the molecule is O=C(CN1CCCCc2ccccc21)NCc1ccccn1. The summed E-state index contributed by atoms with van der Waals surface area (Å²) in [7, 11) is 0. The van der Waals surface area contributed by atoms with Crippen molar-refractivity contribution in [1.82, 2.24) is 10.3 Å². The number of fused-ring (bicyclic) bond motifs is 1. The van der Waals surface area contributed by atoms with Crippen LogP contribution in [0.15, 0.2) is 48.7 Å². The summed E-state index contributed by atoms with van der Waals surface area (Å²) in [6.07, 6.45) is 5.15. The molecule has 114 valence electrons. The molecular formula is C18H21N3O. The summed E-state index contributed by atoms with van der Waals surface area (Å²) >= 11 is 0. The van der Waals surface area contributed by atoms with Crippen molar-refractivity contribution in [2.75, 3.05) is 18.0 Å². The average molecular weight is 295 g/mol. The summed E-state index contributed by atoms with van der Waals surface area (Å²) in [6, 6.07) is 14.1. The number of carbonyl (C=O) groups is 1. The number of aromatic nitrogens is 1. The number of nitrogens with zero attached hydrogens (tertiary/aromatic N) is 2. The average Bonchev–Trinajstić information content (AvgIpc) is 2.77. The van der Waals surface area contributed by atoms with Gasteiger partial charge in [0.05, 0.1) is 18.8 Å². The number of para-hydroxylation sites is 1. The Hall–Kier alpha value is -2.36. The van der Waals surface area contributed by atoms with Crippen molar-refractivity contribution in [3.05, 3.63) is 59.9 Å². The maximum absolute atomic E-state index is 12.2. The third-order valence-corrected chi connectivity index (χ3v) is 3.98. The van der Waals surface area contributed by atoms with Crippen molar-refractivity contribution in [3.63, 3.8) is 0 Å². The normalized spacial score (nSPS) is 14.1. The number of rotatable bonds is 4. The molecule has 0 saturated carbocycles. The van der Waals surface area contributed by atoms with Crippen LogP contribution in [0.4, 0.5) is 5.69 Å². The number of amides is 1. The van der Waals surface area contributed by atoms with E-state index in [0.29, 0.717) is 13.1 Å². The molecule has 1 aliphatic heterocycles. The summed E-state index contributed by atoms with van der Waals surface area (Å²) in [5.41, 5.74) is 3.43. The second-order valence-electron chi connectivity index (χ2n) is 5.61. The highest BCUT2D eigenvalue weighted by molar-refractivity contribution is 5.81. The van der Waals surface area contributed by atoms with Crippen LogP contribution in [-0.2, 0) is 17.8 Å². The van der Waals surface area contributed by atoms with Crippen molar-refractivity contribution < 1.29 is 4.79 Å². The summed E-state index contributed by atoms with van der Waals surface area (Å²) in [5, 5.41) is 2.95. The van der Waals surface area contributed by atoms with Crippen molar-refractivity contribution >= 4 is 11.6 Å². The minimum atomic E-state index is 0.0438. The van der Waals surface area contributed by atoms with Crippen LogP contribution in [-0.4, -0.2) is 24.0 Å². The summed E-state index contributed by atoms with van der Waals surface area (Å²) in [4.78, 5) is 18.6. The molecular weight excluding hydrogens is 274 g/mol. The minimum Gasteiger partial charge on any atom is -0.362 e. The van der Waals surface area contributed by atoms with Crippen LogP contribution in [0.5, 0.6) is 0 Å². The molecule has 0 unspecified atom stereocenters. The Balaban J connectivity index is 1.61. The van der Waals surface area contributed by atoms with Gasteiger partial charge in [0.25, 0.3) is 0 Å². The fourth-order valence-electron chi connectivity index (χ4n) is 2.85. The van der Waals surface area contributed by atoms with E-state index in [9.17, 15) is 4.79 Å². The number of pyridine rings is 1. The van der Waals surface area contributed by atoms with E-state index in [-0.39, 0.29) is 5.91 Å². The first-order chi connectivity index (χ1) is 10.8. The third kappa shape index (κ3) is 3.64. The first-order valence-electron chi connectivity index (χ1n) is 7.82. The van der Waals surface area contributed by atoms with Crippen LogP contribution in [0.1, 0.15) is 24.1 Å². The van der Waals surface area contributed by atoms with Gasteiger partial charge in [-0.25, -0.2) is 0 Å². The molecule has 1 aromatic heterocycles. The Labute approximate surface area is 131 Å². The van der Waals surface area contributed by atoms with Gasteiger partial charge in [0.2, 0.25) is 5.91 Å². The first-order valence-corrected chi connectivity index (χ1v) is 7.82. The van der Waals surface area contributed by atoms with Gasteiger partial charge >= 0.3 is 0 Å². The number of nitrogens with one attached hydrogen (secondary N) is 1. The lowest BCUT2D eigenvalue weighted by molar-refractivity contribution is -0.119. The lowest BCUT2D eigenvalue weighted by atomic mass is 10.1. The molecule has 2 aromatic rings. The quantitative estimate of drug-likeness (QED) is 0.943. The van der Waals surface area contributed by atoms with E-state index in [2.05, 4.69) is 33.4 Å². The molecule has 0 atom stereocenters. The molecule has 4 heteroatoms. The van der Waals surface area contributed by atoms with Crippen molar-refractivity contribution in [2.24, 2.45) is 0 Å². The molecule has 1 aliphatic rings. The van der Waals surface area contributed by atoms with E-state index >= 15 is 0 Å². The van der Waals surface area contributed by atoms with E-state index in [1.165, 1.54) is 17.7 Å². The van der Waals surface area contributed by atoms with E-state index < -0.39 is 0 Å². The molecule has 22 heavy (non-hydrogen) atoms. The molecule has 1 N–H and O–H groups in total. The highest BCUT2D eigenvalue weighted by Crippen LogP contribution is 2.25. The Bertz CT molecular complexity index is 627. The predicted molar refractivity (Wildman–Crippen MR) is 87.7 cm³/mol. The third-order valence-electron chi connectivity index (χ3n) is 3.98.